The van der Waals surface area contributed by atoms with Crippen LogP contribution in [-0.2, 0) is 10.8 Å². The highest BCUT2D eigenvalue weighted by molar-refractivity contribution is 5.60. The summed E-state index contributed by atoms with van der Waals surface area (Å²) in [5.74, 6) is 0. The van der Waals surface area contributed by atoms with Crippen molar-refractivity contribution in [2.24, 2.45) is 0 Å². The molecule has 1 nitrogen and oxygen atoms in total. The van der Waals surface area contributed by atoms with E-state index < -0.39 is 0 Å². The summed E-state index contributed by atoms with van der Waals surface area (Å²) in [5.41, 5.74) is 4.50. The fraction of sp³-hybridized carbons (Fsp3) is 0.500. The Balaban J connectivity index is 2.74. The molecule has 0 saturated heterocycles. The maximum atomic E-state index is 2.33. The molecule has 0 aliphatic heterocycles. The maximum Gasteiger partial charge on any atom is 0.0490 e. The monoisotopic (exact) mass is 229 g/mol. The normalized spacial score (nSPS) is 13.3. The summed E-state index contributed by atoms with van der Waals surface area (Å²) in [6.45, 7) is 13.6. The Kier molecular flexibility index (Phi) is 2.61. The zero-order chi connectivity index (χ0) is 12.8. The molecule has 0 bridgehead atoms. The summed E-state index contributed by atoms with van der Waals surface area (Å²) in [7, 11) is 0. The van der Waals surface area contributed by atoms with Gasteiger partial charge in [-0.15, -0.1) is 0 Å². The largest absolute Gasteiger partial charge is 0.320 e. The van der Waals surface area contributed by atoms with E-state index in [4.69, 9.17) is 0 Å². The third kappa shape index (κ3) is 2.11. The zero-order valence-electron chi connectivity index (χ0n) is 11.8. The van der Waals surface area contributed by atoms with Crippen LogP contribution in [0.1, 0.15) is 52.8 Å². The fourth-order valence-electron chi connectivity index (χ4n) is 2.38. The third-order valence-corrected chi connectivity index (χ3v) is 3.27. The van der Waals surface area contributed by atoms with Crippen LogP contribution in [0.5, 0.6) is 0 Å². The molecule has 0 aliphatic carbocycles. The first-order valence-corrected chi connectivity index (χ1v) is 6.32. The van der Waals surface area contributed by atoms with Gasteiger partial charge in [-0.1, -0.05) is 47.6 Å². The van der Waals surface area contributed by atoms with Crippen molar-refractivity contribution < 1.29 is 0 Å². The van der Waals surface area contributed by atoms with Crippen LogP contribution >= 0.6 is 0 Å². The first kappa shape index (κ1) is 12.2. The van der Waals surface area contributed by atoms with Gasteiger partial charge in [-0.25, -0.2) is 0 Å². The Morgan fingerprint density at radius 1 is 0.824 bits per heavy atom. The van der Waals surface area contributed by atoms with Crippen molar-refractivity contribution in [3.05, 3.63) is 41.7 Å². The highest BCUT2D eigenvalue weighted by atomic mass is 14.9. The van der Waals surface area contributed by atoms with Crippen LogP contribution in [0.4, 0.5) is 0 Å². The minimum absolute atomic E-state index is 0.183. The maximum absolute atomic E-state index is 2.33. The molecule has 0 aliphatic rings. The summed E-state index contributed by atoms with van der Waals surface area (Å²) in [4.78, 5) is 0. The Hall–Kier alpha value is -1.24. The van der Waals surface area contributed by atoms with Gasteiger partial charge in [-0.2, -0.15) is 0 Å². The van der Waals surface area contributed by atoms with Crippen LogP contribution in [0.2, 0.25) is 0 Å². The molecule has 2 aromatic rings. The minimum Gasteiger partial charge on any atom is -0.320 e. The van der Waals surface area contributed by atoms with Gasteiger partial charge >= 0.3 is 0 Å². The van der Waals surface area contributed by atoms with Crippen LogP contribution in [0.25, 0.3) is 5.52 Å². The SMILES string of the molecule is CC(C)(C)c1cccn2c(C(C)(C)C)ccc12. The van der Waals surface area contributed by atoms with E-state index in [9.17, 15) is 0 Å². The number of rotatable bonds is 0. The lowest BCUT2D eigenvalue weighted by Crippen LogP contribution is -2.16. The van der Waals surface area contributed by atoms with Gasteiger partial charge in [0, 0.05) is 22.8 Å². The van der Waals surface area contributed by atoms with Gasteiger partial charge in [0.15, 0.2) is 0 Å². The van der Waals surface area contributed by atoms with Crippen LogP contribution in [0.15, 0.2) is 30.5 Å². The predicted molar refractivity (Wildman–Crippen MR) is 74.8 cm³/mol. The van der Waals surface area contributed by atoms with Crippen molar-refractivity contribution in [2.75, 3.05) is 0 Å². The Morgan fingerprint density at radius 2 is 1.47 bits per heavy atom. The average Bonchev–Trinajstić information content (AvgIpc) is 2.57. The zero-order valence-corrected chi connectivity index (χ0v) is 11.8. The summed E-state index contributed by atoms with van der Waals surface area (Å²) in [5, 5.41) is 0. The van der Waals surface area contributed by atoms with E-state index >= 15 is 0 Å². The van der Waals surface area contributed by atoms with Gasteiger partial charge in [0.2, 0.25) is 0 Å². The van der Waals surface area contributed by atoms with Gasteiger partial charge in [0.05, 0.1) is 0 Å². The molecular weight excluding hydrogens is 206 g/mol. The summed E-state index contributed by atoms with van der Waals surface area (Å²) in [6.07, 6.45) is 2.17. The molecular formula is C16H23N. The second kappa shape index (κ2) is 3.63. The molecule has 0 saturated carbocycles. The molecule has 0 atom stereocenters. The molecule has 1 heteroatoms. The second-order valence-electron chi connectivity index (χ2n) is 6.90. The molecule has 2 heterocycles. The number of fused-ring (bicyclic) bond motifs is 1. The van der Waals surface area contributed by atoms with Crippen molar-refractivity contribution in [3.63, 3.8) is 0 Å². The lowest BCUT2D eigenvalue weighted by molar-refractivity contribution is 0.560. The lowest BCUT2D eigenvalue weighted by atomic mass is 9.87. The third-order valence-electron chi connectivity index (χ3n) is 3.27. The van der Waals surface area contributed by atoms with Crippen molar-refractivity contribution in [3.8, 4) is 0 Å². The predicted octanol–water partition coefficient (Wildman–Crippen LogP) is 4.53. The van der Waals surface area contributed by atoms with Gasteiger partial charge < -0.3 is 4.40 Å². The standard InChI is InChI=1S/C16H23N/c1-15(2,3)12-8-7-11-17-13(12)9-10-14(17)16(4,5)6/h7-11H,1-6H3. The van der Waals surface area contributed by atoms with Crippen LogP contribution in [0.3, 0.4) is 0 Å². The van der Waals surface area contributed by atoms with E-state index in [1.54, 1.807) is 0 Å². The van der Waals surface area contributed by atoms with Gasteiger partial charge in [0.25, 0.3) is 0 Å². The molecule has 0 unspecified atom stereocenters. The van der Waals surface area contributed by atoms with E-state index in [-0.39, 0.29) is 10.8 Å². The van der Waals surface area contributed by atoms with E-state index in [0.717, 1.165) is 0 Å². The molecule has 17 heavy (non-hydrogen) atoms. The number of hydrogen-bond donors (Lipinski definition) is 0. The molecule has 0 aromatic carbocycles. The number of aromatic nitrogens is 1. The van der Waals surface area contributed by atoms with E-state index in [1.807, 2.05) is 0 Å². The topological polar surface area (TPSA) is 4.41 Å². The average molecular weight is 229 g/mol. The van der Waals surface area contributed by atoms with Crippen LogP contribution in [0, 0.1) is 0 Å². The summed E-state index contributed by atoms with van der Waals surface area (Å²) >= 11 is 0. The quantitative estimate of drug-likeness (QED) is 0.625. The summed E-state index contributed by atoms with van der Waals surface area (Å²) in [6, 6.07) is 8.90. The Bertz CT molecular complexity index is 533. The van der Waals surface area contributed by atoms with E-state index in [1.165, 1.54) is 16.8 Å². The lowest BCUT2D eigenvalue weighted by Gasteiger charge is -2.23. The fourth-order valence-corrected chi connectivity index (χ4v) is 2.38. The molecule has 0 fully saturated rings. The second-order valence-corrected chi connectivity index (χ2v) is 6.90. The van der Waals surface area contributed by atoms with Gasteiger partial charge in [-0.05, 0) is 29.2 Å². The highest BCUT2D eigenvalue weighted by Crippen LogP contribution is 2.31. The van der Waals surface area contributed by atoms with Crippen molar-refractivity contribution in [2.45, 2.75) is 52.4 Å². The Labute approximate surface area is 104 Å². The first-order valence-electron chi connectivity index (χ1n) is 6.32. The number of pyridine rings is 1. The minimum atomic E-state index is 0.183. The molecule has 0 spiro atoms. The van der Waals surface area contributed by atoms with Crippen molar-refractivity contribution >= 4 is 5.52 Å². The van der Waals surface area contributed by atoms with E-state index in [0.29, 0.717) is 0 Å². The molecule has 2 rings (SSSR count). The van der Waals surface area contributed by atoms with Crippen molar-refractivity contribution in [1.82, 2.24) is 4.40 Å². The van der Waals surface area contributed by atoms with Gasteiger partial charge in [0.1, 0.15) is 0 Å². The molecule has 0 radical (unpaired) electrons. The number of nitrogens with zero attached hydrogens (tertiary/aromatic N) is 1. The van der Waals surface area contributed by atoms with Crippen molar-refractivity contribution in [1.29, 1.82) is 0 Å². The molecule has 0 N–H and O–H groups in total. The first-order chi connectivity index (χ1) is 7.71. The Morgan fingerprint density at radius 3 is 2.00 bits per heavy atom. The number of hydrogen-bond acceptors (Lipinski definition) is 0. The summed E-state index contributed by atoms with van der Waals surface area (Å²) < 4.78 is 2.33. The van der Waals surface area contributed by atoms with Gasteiger partial charge in [-0.3, -0.25) is 0 Å². The molecule has 2 aromatic heterocycles. The van der Waals surface area contributed by atoms with Crippen LogP contribution in [-0.4, -0.2) is 4.40 Å². The van der Waals surface area contributed by atoms with Crippen LogP contribution < -0.4 is 0 Å². The molecule has 92 valence electrons. The van der Waals surface area contributed by atoms with E-state index in [2.05, 4.69) is 76.4 Å². The highest BCUT2D eigenvalue weighted by Gasteiger charge is 2.21. The smallest absolute Gasteiger partial charge is 0.0490 e. The molecule has 0 amide bonds.